The van der Waals surface area contributed by atoms with E-state index in [0.717, 1.165) is 25.7 Å². The number of halogens is 2. The SMILES string of the molecule is CCCCCCCCCCCCCCc1cc(Br)sc1-c1nc(CCCCCCCCCCCCCC)c(-c2sc(-c3sc(Br)cc3CCCCCCCCCCCCCC)nc2CCCCCCCCCCCCCC)s1. The zero-order valence-corrected chi connectivity index (χ0v) is 57.6. The van der Waals surface area contributed by atoms with E-state index in [-0.39, 0.29) is 0 Å². The van der Waals surface area contributed by atoms with Gasteiger partial charge < -0.3 is 0 Å². The Morgan fingerprint density at radius 3 is 0.692 bits per heavy atom. The fourth-order valence-corrected chi connectivity index (χ4v) is 17.7. The maximum absolute atomic E-state index is 5.72. The molecule has 0 unspecified atom stereocenters. The predicted molar refractivity (Wildman–Crippen MR) is 364 cm³/mol. The van der Waals surface area contributed by atoms with E-state index in [1.165, 1.54) is 368 Å². The minimum Gasteiger partial charge on any atom is -0.240 e. The standard InChI is InChI=1S/C70H118Br2N2S4/c1-5-9-13-17-21-25-29-33-37-41-45-49-53-59-57-63(71)75-65(59)69-73-61(55-51-47-43-39-35-31-27-23-19-15-11-7-3)67(77-69)68-62(56-52-48-44-40-36-32-28-24-20-16-12-8-4)74-70(78-68)66-60(58-64(72)76-66)54-50-46-42-38-34-30-26-22-18-14-10-6-2/h57-58H,5-56H2,1-4H3. The second-order valence-corrected chi connectivity index (χ2v) is 30.8. The highest BCUT2D eigenvalue weighted by Crippen LogP contribution is 2.48. The van der Waals surface area contributed by atoms with Gasteiger partial charge in [0, 0.05) is 0 Å². The molecule has 0 saturated heterocycles. The molecule has 78 heavy (non-hydrogen) atoms. The van der Waals surface area contributed by atoms with E-state index >= 15 is 0 Å². The molecule has 0 aliphatic heterocycles. The maximum Gasteiger partial charge on any atom is 0.134 e. The van der Waals surface area contributed by atoms with Crippen molar-refractivity contribution in [2.24, 2.45) is 0 Å². The third-order valence-electron chi connectivity index (χ3n) is 16.7. The van der Waals surface area contributed by atoms with Crippen molar-refractivity contribution in [1.29, 1.82) is 0 Å². The van der Waals surface area contributed by atoms with Crippen LogP contribution in [0.15, 0.2) is 19.7 Å². The summed E-state index contributed by atoms with van der Waals surface area (Å²) in [5, 5.41) is 2.50. The minimum absolute atomic E-state index is 1.07. The molecule has 8 heteroatoms. The highest BCUT2D eigenvalue weighted by molar-refractivity contribution is 9.11. The lowest BCUT2D eigenvalue weighted by Gasteiger charge is -2.05. The van der Waals surface area contributed by atoms with Crippen LogP contribution in [0.5, 0.6) is 0 Å². The highest BCUT2D eigenvalue weighted by atomic mass is 79.9. The molecule has 0 spiro atoms. The van der Waals surface area contributed by atoms with Crippen LogP contribution < -0.4 is 0 Å². The zero-order valence-electron chi connectivity index (χ0n) is 51.2. The van der Waals surface area contributed by atoms with E-state index in [0.29, 0.717) is 0 Å². The van der Waals surface area contributed by atoms with Gasteiger partial charge in [-0.05, 0) is 106 Å². The van der Waals surface area contributed by atoms with Crippen molar-refractivity contribution in [2.75, 3.05) is 0 Å². The monoisotopic (exact) mass is 1270 g/mol. The summed E-state index contributed by atoms with van der Waals surface area (Å²) >= 11 is 15.8. The normalized spacial score (nSPS) is 11.8. The Kier molecular flexibility index (Phi) is 43.1. The van der Waals surface area contributed by atoms with E-state index in [1.54, 1.807) is 0 Å². The summed E-state index contributed by atoms with van der Waals surface area (Å²) in [6.07, 6.45) is 71.0. The van der Waals surface area contributed by atoms with Crippen LogP contribution in [0.25, 0.3) is 29.5 Å². The van der Waals surface area contributed by atoms with Crippen molar-refractivity contribution in [3.8, 4) is 29.5 Å². The maximum atomic E-state index is 5.72. The minimum atomic E-state index is 1.07. The molecule has 0 fully saturated rings. The summed E-state index contributed by atoms with van der Waals surface area (Å²) in [7, 11) is 0. The molecule has 0 amide bonds. The van der Waals surface area contributed by atoms with Crippen molar-refractivity contribution in [2.45, 2.75) is 362 Å². The number of rotatable bonds is 55. The first kappa shape index (κ1) is 70.1. The molecule has 4 rings (SSSR count). The number of thiazole rings is 2. The molecule has 0 radical (unpaired) electrons. The fourth-order valence-electron chi connectivity index (χ4n) is 11.7. The van der Waals surface area contributed by atoms with Gasteiger partial charge >= 0.3 is 0 Å². The molecule has 446 valence electrons. The van der Waals surface area contributed by atoms with Gasteiger partial charge in [0.1, 0.15) is 10.0 Å². The molecule has 0 N–H and O–H groups in total. The van der Waals surface area contributed by atoms with Gasteiger partial charge in [0.05, 0.1) is 38.5 Å². The Morgan fingerprint density at radius 1 is 0.256 bits per heavy atom. The molecule has 0 aliphatic carbocycles. The zero-order chi connectivity index (χ0) is 55.4. The van der Waals surface area contributed by atoms with Gasteiger partial charge in [-0.1, -0.05) is 310 Å². The highest BCUT2D eigenvalue weighted by Gasteiger charge is 2.25. The predicted octanol–water partition coefficient (Wildman–Crippen LogP) is 28.2. The Balaban J connectivity index is 1.49. The van der Waals surface area contributed by atoms with Gasteiger partial charge in [-0.25, -0.2) is 9.97 Å². The van der Waals surface area contributed by atoms with Crippen LogP contribution in [0.3, 0.4) is 0 Å². The summed E-state index contributed by atoms with van der Waals surface area (Å²) < 4.78 is 2.50. The van der Waals surface area contributed by atoms with Crippen molar-refractivity contribution >= 4 is 77.2 Å². The van der Waals surface area contributed by atoms with Crippen LogP contribution in [-0.4, -0.2) is 9.97 Å². The number of aryl methyl sites for hydroxylation is 4. The Bertz CT molecular complexity index is 1850. The first-order valence-corrected chi connectivity index (χ1v) is 38.9. The summed E-state index contributed by atoms with van der Waals surface area (Å²) in [5.74, 6) is 0. The second kappa shape index (κ2) is 47.9. The number of nitrogens with zero attached hydrogens (tertiary/aromatic N) is 2. The van der Waals surface area contributed by atoms with Gasteiger partial charge in [0.25, 0.3) is 0 Å². The first-order chi connectivity index (χ1) is 38.5. The molecule has 0 atom stereocenters. The third-order valence-corrected chi connectivity index (χ3v) is 22.7. The van der Waals surface area contributed by atoms with Gasteiger partial charge in [0.15, 0.2) is 0 Å². The van der Waals surface area contributed by atoms with Crippen molar-refractivity contribution in [1.82, 2.24) is 9.97 Å². The summed E-state index contributed by atoms with van der Waals surface area (Å²) in [4.78, 5) is 17.1. The Labute approximate surface area is 516 Å². The largest absolute Gasteiger partial charge is 0.240 e. The summed E-state index contributed by atoms with van der Waals surface area (Å²) in [5.41, 5.74) is 5.70. The van der Waals surface area contributed by atoms with Crippen LogP contribution in [0.2, 0.25) is 0 Å². The number of unbranched alkanes of at least 4 members (excludes halogenated alkanes) is 44. The van der Waals surface area contributed by atoms with Gasteiger partial charge in [-0.2, -0.15) is 0 Å². The molecule has 0 aromatic carbocycles. The summed E-state index contributed by atoms with van der Waals surface area (Å²) in [6.45, 7) is 9.28. The molecule has 2 nitrogen and oxygen atoms in total. The van der Waals surface area contributed by atoms with E-state index in [4.69, 9.17) is 9.97 Å². The van der Waals surface area contributed by atoms with Crippen molar-refractivity contribution in [3.63, 3.8) is 0 Å². The molecule has 0 aliphatic rings. The molecule has 0 bridgehead atoms. The first-order valence-electron chi connectivity index (χ1n) is 34.1. The fraction of sp³-hybridized carbons (Fsp3) is 0.800. The van der Waals surface area contributed by atoms with Gasteiger partial charge in [0.2, 0.25) is 0 Å². The van der Waals surface area contributed by atoms with Gasteiger partial charge in [-0.15, -0.1) is 45.3 Å². The van der Waals surface area contributed by atoms with E-state index in [1.807, 2.05) is 45.3 Å². The molecule has 0 saturated carbocycles. The Morgan fingerprint density at radius 2 is 0.462 bits per heavy atom. The summed E-state index contributed by atoms with van der Waals surface area (Å²) in [6, 6.07) is 4.86. The van der Waals surface area contributed by atoms with Gasteiger partial charge in [-0.3, -0.25) is 0 Å². The lowest BCUT2D eigenvalue weighted by atomic mass is 10.0. The van der Waals surface area contributed by atoms with Crippen LogP contribution in [0.1, 0.15) is 358 Å². The van der Waals surface area contributed by atoms with Crippen LogP contribution >= 0.6 is 77.2 Å². The van der Waals surface area contributed by atoms with E-state index < -0.39 is 0 Å². The average molecular weight is 1280 g/mol. The Hall–Kier alpha value is -0.380. The average Bonchev–Trinajstić information content (AvgIpc) is 4.37. The molecule has 4 aromatic heterocycles. The lowest BCUT2D eigenvalue weighted by molar-refractivity contribution is 0.543. The smallest absolute Gasteiger partial charge is 0.134 e. The van der Waals surface area contributed by atoms with Crippen LogP contribution in [-0.2, 0) is 25.7 Å². The number of thiophene rings is 2. The van der Waals surface area contributed by atoms with Crippen molar-refractivity contribution in [3.05, 3.63) is 42.2 Å². The lowest BCUT2D eigenvalue weighted by Crippen LogP contribution is -1.93. The molecule has 4 heterocycles. The topological polar surface area (TPSA) is 25.8 Å². The molecule has 4 aromatic rings. The number of hydrogen-bond acceptors (Lipinski definition) is 6. The van der Waals surface area contributed by atoms with Crippen LogP contribution in [0.4, 0.5) is 0 Å². The van der Waals surface area contributed by atoms with Crippen LogP contribution in [0, 0.1) is 0 Å². The molecular formula is C70H118Br2N2S4. The third kappa shape index (κ3) is 31.5. The molecular weight excluding hydrogens is 1160 g/mol. The van der Waals surface area contributed by atoms with E-state index in [9.17, 15) is 0 Å². The number of hydrogen-bond donors (Lipinski definition) is 0. The van der Waals surface area contributed by atoms with E-state index in [2.05, 4.69) is 71.7 Å². The van der Waals surface area contributed by atoms with Crippen molar-refractivity contribution < 1.29 is 0 Å². The second-order valence-electron chi connectivity index (χ2n) is 24.0. The number of aromatic nitrogens is 2. The quantitative estimate of drug-likeness (QED) is 0.0412.